The first kappa shape index (κ1) is 15.5. The summed E-state index contributed by atoms with van der Waals surface area (Å²) < 4.78 is 6.91. The predicted octanol–water partition coefficient (Wildman–Crippen LogP) is 1.76. The predicted molar refractivity (Wildman–Crippen MR) is 82.5 cm³/mol. The Morgan fingerprint density at radius 1 is 1.57 bits per heavy atom. The minimum Gasteiger partial charge on any atom is -0.340 e. The van der Waals surface area contributed by atoms with E-state index in [4.69, 9.17) is 4.52 Å². The highest BCUT2D eigenvalue weighted by molar-refractivity contribution is 5.74. The molecule has 0 radical (unpaired) electrons. The van der Waals surface area contributed by atoms with Crippen LogP contribution in [0.1, 0.15) is 37.5 Å². The van der Waals surface area contributed by atoms with Crippen LogP contribution in [0.25, 0.3) is 0 Å². The number of nitrogens with zero attached hydrogens (tertiary/aromatic N) is 5. The summed E-state index contributed by atoms with van der Waals surface area (Å²) in [6.07, 6.45) is 5.50. The number of aromatic nitrogens is 4. The minimum atomic E-state index is -0.0890. The van der Waals surface area contributed by atoms with Crippen molar-refractivity contribution in [3.63, 3.8) is 0 Å². The van der Waals surface area contributed by atoms with Crippen LogP contribution in [0.3, 0.4) is 0 Å². The summed E-state index contributed by atoms with van der Waals surface area (Å²) in [7, 11) is 0. The van der Waals surface area contributed by atoms with Crippen molar-refractivity contribution in [2.24, 2.45) is 5.92 Å². The third kappa shape index (κ3) is 3.69. The van der Waals surface area contributed by atoms with E-state index in [2.05, 4.69) is 27.5 Å². The Hall–Kier alpha value is -2.38. The van der Waals surface area contributed by atoms with E-state index in [1.54, 1.807) is 18.0 Å². The molecule has 3 rings (SSSR count). The highest BCUT2D eigenvalue weighted by Gasteiger charge is 2.33. The van der Waals surface area contributed by atoms with Gasteiger partial charge in [0.15, 0.2) is 5.82 Å². The van der Waals surface area contributed by atoms with Crippen molar-refractivity contribution in [3.05, 3.63) is 30.2 Å². The molecule has 1 N–H and O–H groups in total. The van der Waals surface area contributed by atoms with Crippen LogP contribution >= 0.6 is 0 Å². The first-order valence-electron chi connectivity index (χ1n) is 7.95. The number of carbonyl (C=O) groups excluding carboxylic acids is 1. The van der Waals surface area contributed by atoms with Crippen LogP contribution in [0.4, 0.5) is 4.79 Å². The van der Waals surface area contributed by atoms with Crippen LogP contribution < -0.4 is 5.32 Å². The molecule has 23 heavy (non-hydrogen) atoms. The lowest BCUT2D eigenvalue weighted by atomic mass is 10.2. The Morgan fingerprint density at radius 2 is 2.43 bits per heavy atom. The molecule has 8 nitrogen and oxygen atoms in total. The summed E-state index contributed by atoms with van der Waals surface area (Å²) >= 11 is 0. The van der Waals surface area contributed by atoms with E-state index < -0.39 is 0 Å². The lowest BCUT2D eigenvalue weighted by molar-refractivity contribution is 0.187. The molecule has 0 spiro atoms. The molecule has 0 unspecified atom stereocenters. The number of aryl methyl sites for hydroxylation is 1. The van der Waals surface area contributed by atoms with Crippen molar-refractivity contribution < 1.29 is 9.32 Å². The van der Waals surface area contributed by atoms with Crippen LogP contribution in [0, 0.1) is 12.8 Å². The molecule has 0 saturated carbocycles. The van der Waals surface area contributed by atoms with E-state index >= 15 is 0 Å². The Kier molecular flexibility index (Phi) is 4.59. The highest BCUT2D eigenvalue weighted by atomic mass is 16.5. The fourth-order valence-corrected chi connectivity index (χ4v) is 2.88. The maximum atomic E-state index is 12.4. The van der Waals surface area contributed by atoms with E-state index in [-0.39, 0.29) is 12.1 Å². The van der Waals surface area contributed by atoms with Gasteiger partial charge in [0.25, 0.3) is 0 Å². The summed E-state index contributed by atoms with van der Waals surface area (Å²) in [5.41, 5.74) is 0. The lowest BCUT2D eigenvalue weighted by Crippen LogP contribution is -2.41. The number of likely N-dealkylation sites (tertiary alicyclic amines) is 1. The number of nitrogens with one attached hydrogen (secondary N) is 1. The molecule has 2 atom stereocenters. The van der Waals surface area contributed by atoms with Crippen molar-refractivity contribution in [1.82, 2.24) is 30.1 Å². The number of amides is 2. The molecule has 1 aliphatic rings. The zero-order valence-electron chi connectivity index (χ0n) is 13.5. The van der Waals surface area contributed by atoms with Gasteiger partial charge in [-0.1, -0.05) is 12.1 Å². The van der Waals surface area contributed by atoms with Gasteiger partial charge >= 0.3 is 6.03 Å². The summed E-state index contributed by atoms with van der Waals surface area (Å²) in [4.78, 5) is 18.5. The van der Waals surface area contributed by atoms with E-state index in [1.807, 2.05) is 16.9 Å². The van der Waals surface area contributed by atoms with Gasteiger partial charge in [0.05, 0.1) is 6.04 Å². The molecule has 0 aliphatic carbocycles. The van der Waals surface area contributed by atoms with Gasteiger partial charge in [-0.3, -0.25) is 4.68 Å². The van der Waals surface area contributed by atoms with Crippen LogP contribution in [0.5, 0.6) is 0 Å². The van der Waals surface area contributed by atoms with Gasteiger partial charge in [-0.2, -0.15) is 10.1 Å². The van der Waals surface area contributed by atoms with Crippen LogP contribution in [0.15, 0.2) is 23.0 Å². The molecule has 8 heteroatoms. The first-order valence-corrected chi connectivity index (χ1v) is 7.95. The standard InChI is InChI=1S/C15H22N6O2/c1-11(10-20-7-4-6-17-20)9-16-15(22)21-8-3-5-13(21)14-18-12(2)23-19-14/h4,6-7,11,13H,3,5,8-10H2,1-2H3,(H,16,22)/t11-,13+/m0/s1. The smallest absolute Gasteiger partial charge is 0.318 e. The largest absolute Gasteiger partial charge is 0.340 e. The molecular weight excluding hydrogens is 296 g/mol. The van der Waals surface area contributed by atoms with Gasteiger partial charge in [-0.15, -0.1) is 0 Å². The molecule has 1 aliphatic heterocycles. The molecule has 0 bridgehead atoms. The van der Waals surface area contributed by atoms with E-state index in [0.29, 0.717) is 24.2 Å². The second-order valence-corrected chi connectivity index (χ2v) is 6.04. The zero-order valence-corrected chi connectivity index (χ0v) is 13.5. The van der Waals surface area contributed by atoms with E-state index in [9.17, 15) is 4.79 Å². The SMILES string of the molecule is Cc1nc([C@H]2CCCN2C(=O)NC[C@H](C)Cn2cccn2)no1. The van der Waals surface area contributed by atoms with Gasteiger partial charge in [-0.25, -0.2) is 4.79 Å². The van der Waals surface area contributed by atoms with E-state index in [0.717, 1.165) is 25.9 Å². The lowest BCUT2D eigenvalue weighted by Gasteiger charge is -2.23. The quantitative estimate of drug-likeness (QED) is 0.907. The molecule has 1 saturated heterocycles. The topological polar surface area (TPSA) is 89.1 Å². The number of urea groups is 1. The monoisotopic (exact) mass is 318 g/mol. The van der Waals surface area contributed by atoms with Crippen LogP contribution in [0.2, 0.25) is 0 Å². The summed E-state index contributed by atoms with van der Waals surface area (Å²) in [5.74, 6) is 1.42. The average Bonchev–Trinajstić information content (AvgIpc) is 3.25. The van der Waals surface area contributed by atoms with Crippen molar-refractivity contribution in [2.45, 2.75) is 39.3 Å². The summed E-state index contributed by atoms with van der Waals surface area (Å²) in [5, 5.41) is 11.1. The average molecular weight is 318 g/mol. The normalized spacial score (nSPS) is 19.0. The number of hydrogen-bond donors (Lipinski definition) is 1. The summed E-state index contributed by atoms with van der Waals surface area (Å²) in [6.45, 7) is 5.95. The third-order valence-electron chi connectivity index (χ3n) is 4.01. The highest BCUT2D eigenvalue weighted by Crippen LogP contribution is 2.29. The Morgan fingerprint density at radius 3 is 3.13 bits per heavy atom. The second kappa shape index (κ2) is 6.80. The van der Waals surface area contributed by atoms with Crippen LogP contribution in [-0.4, -0.2) is 43.9 Å². The Balaban J connectivity index is 1.53. The van der Waals surface area contributed by atoms with Gasteiger partial charge in [0, 0.05) is 39.0 Å². The molecule has 1 fully saturated rings. The molecule has 3 heterocycles. The Bertz CT molecular complexity index is 638. The molecule has 2 aromatic rings. The fourth-order valence-electron chi connectivity index (χ4n) is 2.88. The minimum absolute atomic E-state index is 0.0673. The van der Waals surface area contributed by atoms with Crippen molar-refractivity contribution in [1.29, 1.82) is 0 Å². The van der Waals surface area contributed by atoms with Gasteiger partial charge < -0.3 is 14.7 Å². The maximum Gasteiger partial charge on any atom is 0.318 e. The van der Waals surface area contributed by atoms with Gasteiger partial charge in [-0.05, 0) is 24.8 Å². The number of rotatable bonds is 5. The molecule has 124 valence electrons. The Labute approximate surface area is 134 Å². The first-order chi connectivity index (χ1) is 11.1. The zero-order chi connectivity index (χ0) is 16.2. The van der Waals surface area contributed by atoms with Gasteiger partial charge in [0.2, 0.25) is 5.89 Å². The number of carbonyl (C=O) groups is 1. The van der Waals surface area contributed by atoms with E-state index in [1.165, 1.54) is 0 Å². The molecule has 2 amide bonds. The maximum absolute atomic E-state index is 12.4. The van der Waals surface area contributed by atoms with Crippen LogP contribution in [-0.2, 0) is 6.54 Å². The summed E-state index contributed by atoms with van der Waals surface area (Å²) in [6, 6.07) is 1.74. The third-order valence-corrected chi connectivity index (χ3v) is 4.01. The molecule has 2 aromatic heterocycles. The van der Waals surface area contributed by atoms with Crippen molar-refractivity contribution in [2.75, 3.05) is 13.1 Å². The van der Waals surface area contributed by atoms with Crippen molar-refractivity contribution in [3.8, 4) is 0 Å². The fraction of sp³-hybridized carbons (Fsp3) is 0.600. The van der Waals surface area contributed by atoms with Crippen molar-refractivity contribution >= 4 is 6.03 Å². The molecular formula is C15H22N6O2. The van der Waals surface area contributed by atoms with Gasteiger partial charge in [0.1, 0.15) is 0 Å². The number of hydrogen-bond acceptors (Lipinski definition) is 5. The second-order valence-electron chi connectivity index (χ2n) is 6.04. The molecule has 0 aromatic carbocycles.